The van der Waals surface area contributed by atoms with Gasteiger partial charge in [-0.2, -0.15) is 13.2 Å². The predicted molar refractivity (Wildman–Crippen MR) is 62.6 cm³/mol. The molecular formula is C12H18F3NO2. The topological polar surface area (TPSA) is 42.4 Å². The summed E-state index contributed by atoms with van der Waals surface area (Å²) in [4.78, 5) is 3.59. The van der Waals surface area contributed by atoms with Gasteiger partial charge in [0, 0.05) is 11.8 Å². The first kappa shape index (κ1) is 16.7. The van der Waals surface area contributed by atoms with Crippen molar-refractivity contribution in [3.8, 4) is 5.88 Å². The van der Waals surface area contributed by atoms with Crippen LogP contribution in [0.1, 0.15) is 30.5 Å². The minimum atomic E-state index is -4.41. The number of hydrogen-bond acceptors (Lipinski definition) is 3. The Hall–Kier alpha value is -1.30. The molecule has 1 heterocycles. The number of nitrogens with zero attached hydrogens (tertiary/aromatic N) is 1. The highest BCUT2D eigenvalue weighted by molar-refractivity contribution is 5.39. The van der Waals surface area contributed by atoms with Crippen LogP contribution in [0.15, 0.2) is 6.20 Å². The molecule has 0 amide bonds. The van der Waals surface area contributed by atoms with Crippen LogP contribution in [0.3, 0.4) is 0 Å². The van der Waals surface area contributed by atoms with Gasteiger partial charge < -0.3 is 9.84 Å². The fourth-order valence-corrected chi connectivity index (χ4v) is 1.25. The molecule has 0 fully saturated rings. The van der Waals surface area contributed by atoms with Gasteiger partial charge in [-0.3, -0.25) is 0 Å². The fraction of sp³-hybridized carbons (Fsp3) is 0.583. The van der Waals surface area contributed by atoms with Gasteiger partial charge in [-0.05, 0) is 19.4 Å². The van der Waals surface area contributed by atoms with Crippen molar-refractivity contribution >= 4 is 0 Å². The summed E-state index contributed by atoms with van der Waals surface area (Å²) in [5.41, 5.74) is -0.333. The van der Waals surface area contributed by atoms with E-state index in [4.69, 9.17) is 9.84 Å². The molecule has 1 N–H and O–H groups in total. The largest absolute Gasteiger partial charge is 0.475 e. The summed E-state index contributed by atoms with van der Waals surface area (Å²) in [7, 11) is 0. The molecule has 104 valence electrons. The molecule has 18 heavy (non-hydrogen) atoms. The number of alkyl halides is 3. The zero-order chi connectivity index (χ0) is 14.3. The average Bonchev–Trinajstić information content (AvgIpc) is 2.32. The molecule has 0 radical (unpaired) electrons. The zero-order valence-corrected chi connectivity index (χ0v) is 10.9. The molecule has 3 nitrogen and oxygen atoms in total. The number of ether oxygens (including phenoxy) is 1. The van der Waals surface area contributed by atoms with E-state index in [-0.39, 0.29) is 24.7 Å². The maximum Gasteiger partial charge on any atom is 0.418 e. The van der Waals surface area contributed by atoms with Crippen LogP contribution in [0.4, 0.5) is 13.2 Å². The third-order valence-electron chi connectivity index (χ3n) is 2.23. The maximum absolute atomic E-state index is 12.5. The summed E-state index contributed by atoms with van der Waals surface area (Å²) in [6.45, 7) is 6.68. The first-order valence-corrected chi connectivity index (χ1v) is 5.65. The van der Waals surface area contributed by atoms with Gasteiger partial charge in [0.25, 0.3) is 0 Å². The summed E-state index contributed by atoms with van der Waals surface area (Å²) in [5.74, 6) is 0.125. The summed E-state index contributed by atoms with van der Waals surface area (Å²) < 4.78 is 42.5. The van der Waals surface area contributed by atoms with Crippen molar-refractivity contribution in [2.45, 2.75) is 33.9 Å². The van der Waals surface area contributed by atoms with Crippen LogP contribution in [0.2, 0.25) is 0 Å². The highest BCUT2D eigenvalue weighted by atomic mass is 19.4. The first-order chi connectivity index (χ1) is 8.38. The van der Waals surface area contributed by atoms with E-state index in [0.717, 1.165) is 6.20 Å². The van der Waals surface area contributed by atoms with Gasteiger partial charge in [0.05, 0.1) is 12.2 Å². The second-order valence-corrected chi connectivity index (χ2v) is 3.30. The van der Waals surface area contributed by atoms with Crippen molar-refractivity contribution in [1.82, 2.24) is 4.98 Å². The van der Waals surface area contributed by atoms with Crippen molar-refractivity contribution in [1.29, 1.82) is 0 Å². The number of aliphatic hydroxyl groups is 1. The molecule has 6 heteroatoms. The van der Waals surface area contributed by atoms with E-state index in [1.165, 1.54) is 13.8 Å². The molecule has 1 aromatic heterocycles. The van der Waals surface area contributed by atoms with Crippen LogP contribution >= 0.6 is 0 Å². The Morgan fingerprint density at radius 3 is 2.22 bits per heavy atom. The van der Waals surface area contributed by atoms with E-state index in [9.17, 15) is 13.2 Å². The molecule has 0 aliphatic rings. The lowest BCUT2D eigenvalue weighted by Gasteiger charge is -2.14. The van der Waals surface area contributed by atoms with Gasteiger partial charge in [-0.1, -0.05) is 13.8 Å². The number of pyridine rings is 1. The van der Waals surface area contributed by atoms with Crippen LogP contribution in [0.5, 0.6) is 5.88 Å². The third kappa shape index (κ3) is 4.18. The molecule has 0 unspecified atom stereocenters. The van der Waals surface area contributed by atoms with Crippen LogP contribution in [-0.2, 0) is 6.18 Å². The Labute approximate surface area is 105 Å². The van der Waals surface area contributed by atoms with E-state index in [2.05, 4.69) is 4.98 Å². The zero-order valence-electron chi connectivity index (χ0n) is 10.9. The lowest BCUT2D eigenvalue weighted by molar-refractivity contribution is -0.138. The molecular weight excluding hydrogens is 247 g/mol. The van der Waals surface area contributed by atoms with Crippen LogP contribution in [0, 0.1) is 13.8 Å². The lowest BCUT2D eigenvalue weighted by atomic mass is 10.1. The Bertz CT molecular complexity index is 378. The number of aliphatic hydroxyl groups excluding tert-OH is 1. The predicted octanol–water partition coefficient (Wildman–Crippen LogP) is 3.11. The average molecular weight is 265 g/mol. The maximum atomic E-state index is 12.5. The molecule has 0 aromatic carbocycles. The number of rotatable bonds is 3. The van der Waals surface area contributed by atoms with Crippen LogP contribution in [-0.4, -0.2) is 23.3 Å². The minimum absolute atomic E-state index is 0.0125. The van der Waals surface area contributed by atoms with Gasteiger partial charge in [-0.25, -0.2) is 4.98 Å². The van der Waals surface area contributed by atoms with Crippen LogP contribution < -0.4 is 4.74 Å². The molecule has 0 saturated heterocycles. The molecule has 0 aliphatic carbocycles. The second kappa shape index (κ2) is 7.20. The van der Waals surface area contributed by atoms with Crippen molar-refractivity contribution < 1.29 is 23.0 Å². The summed E-state index contributed by atoms with van der Waals surface area (Å²) >= 11 is 0. The first-order valence-electron chi connectivity index (χ1n) is 5.65. The summed E-state index contributed by atoms with van der Waals surface area (Å²) in [5, 5.41) is 8.54. The van der Waals surface area contributed by atoms with Crippen LogP contribution in [0.25, 0.3) is 0 Å². The quantitative estimate of drug-likeness (QED) is 0.913. The van der Waals surface area contributed by atoms with E-state index in [1.807, 2.05) is 13.8 Å². The molecule has 0 atom stereocenters. The van der Waals surface area contributed by atoms with Gasteiger partial charge in [0.15, 0.2) is 0 Å². The minimum Gasteiger partial charge on any atom is -0.475 e. The van der Waals surface area contributed by atoms with Gasteiger partial charge in [-0.15, -0.1) is 0 Å². The monoisotopic (exact) mass is 265 g/mol. The van der Waals surface area contributed by atoms with Gasteiger partial charge in [0.1, 0.15) is 6.61 Å². The lowest BCUT2D eigenvalue weighted by Crippen LogP contribution is -2.12. The SMILES string of the molecule is CC.Cc1c(C(F)(F)F)cnc(OCCO)c1C. The second-order valence-electron chi connectivity index (χ2n) is 3.30. The normalized spacial score (nSPS) is 10.7. The molecule has 0 spiro atoms. The van der Waals surface area contributed by atoms with E-state index < -0.39 is 11.7 Å². The smallest absolute Gasteiger partial charge is 0.418 e. The Kier molecular flexibility index (Phi) is 6.68. The summed E-state index contributed by atoms with van der Waals surface area (Å²) in [6, 6.07) is 0. The number of hydrogen-bond donors (Lipinski definition) is 1. The van der Waals surface area contributed by atoms with E-state index >= 15 is 0 Å². The summed E-state index contributed by atoms with van der Waals surface area (Å²) in [6.07, 6.45) is -3.66. The Morgan fingerprint density at radius 2 is 1.78 bits per heavy atom. The highest BCUT2D eigenvalue weighted by Crippen LogP contribution is 2.34. The number of halogens is 3. The number of aromatic nitrogens is 1. The van der Waals surface area contributed by atoms with Gasteiger partial charge in [0.2, 0.25) is 5.88 Å². The Morgan fingerprint density at radius 1 is 1.22 bits per heavy atom. The van der Waals surface area contributed by atoms with Gasteiger partial charge >= 0.3 is 6.18 Å². The fourth-order valence-electron chi connectivity index (χ4n) is 1.25. The molecule has 1 aromatic rings. The Balaban J connectivity index is 0.00000137. The van der Waals surface area contributed by atoms with E-state index in [0.29, 0.717) is 5.56 Å². The van der Waals surface area contributed by atoms with Crippen molar-refractivity contribution in [3.05, 3.63) is 22.9 Å². The van der Waals surface area contributed by atoms with Crippen molar-refractivity contribution in [2.24, 2.45) is 0 Å². The molecule has 1 rings (SSSR count). The van der Waals surface area contributed by atoms with Crippen molar-refractivity contribution in [3.63, 3.8) is 0 Å². The third-order valence-corrected chi connectivity index (χ3v) is 2.23. The van der Waals surface area contributed by atoms with Crippen molar-refractivity contribution in [2.75, 3.05) is 13.2 Å². The van der Waals surface area contributed by atoms with E-state index in [1.54, 1.807) is 0 Å². The molecule has 0 bridgehead atoms. The molecule has 0 saturated carbocycles. The highest BCUT2D eigenvalue weighted by Gasteiger charge is 2.33. The molecule has 0 aliphatic heterocycles. The standard InChI is InChI=1S/C10H12F3NO2.C2H6/c1-6-7(2)9(16-4-3-15)14-5-8(6)10(11,12)13;1-2/h5,15H,3-4H2,1-2H3;1-2H3.